The molecule has 1 heterocycles. The van der Waals surface area contributed by atoms with Crippen LogP contribution in [0.4, 0.5) is 0 Å². The van der Waals surface area contributed by atoms with Crippen LogP contribution in [-0.4, -0.2) is 32.1 Å². The molecule has 0 aliphatic carbocycles. The second-order valence-corrected chi connectivity index (χ2v) is 4.26. The van der Waals surface area contributed by atoms with Crippen LogP contribution in [0.2, 0.25) is 0 Å². The number of rotatable bonds is 5. The third-order valence-electron chi connectivity index (χ3n) is 3.06. The Morgan fingerprint density at radius 2 is 2.06 bits per heavy atom. The number of hydrogen-bond acceptors (Lipinski definition) is 4. The van der Waals surface area contributed by atoms with E-state index in [1.165, 1.54) is 0 Å². The topological polar surface area (TPSA) is 61.5 Å². The quantitative estimate of drug-likeness (QED) is 0.780. The summed E-state index contributed by atoms with van der Waals surface area (Å²) in [5.74, 6) is 0.838. The second-order valence-electron chi connectivity index (χ2n) is 4.26. The number of benzene rings is 1. The molecule has 1 aromatic rings. The van der Waals surface area contributed by atoms with E-state index in [1.54, 1.807) is 24.3 Å². The Hall–Kier alpha value is -1.39. The zero-order chi connectivity index (χ0) is 12.3. The Labute approximate surface area is 101 Å². The minimum Gasteiger partial charge on any atom is -0.494 e. The number of ether oxygens (including phenoxy) is 2. The van der Waals surface area contributed by atoms with Crippen LogP contribution >= 0.6 is 0 Å². The number of hydrogen-bond donors (Lipinski definition) is 1. The molecule has 0 saturated carbocycles. The Morgan fingerprint density at radius 1 is 1.41 bits per heavy atom. The fourth-order valence-corrected chi connectivity index (χ4v) is 1.87. The van der Waals surface area contributed by atoms with Gasteiger partial charge in [0.1, 0.15) is 5.75 Å². The summed E-state index contributed by atoms with van der Waals surface area (Å²) in [6.07, 6.45) is 0. The zero-order valence-electron chi connectivity index (χ0n) is 9.94. The summed E-state index contributed by atoms with van der Waals surface area (Å²) in [5, 5.41) is 0. The van der Waals surface area contributed by atoms with Crippen LogP contribution in [0.3, 0.4) is 0 Å². The summed E-state index contributed by atoms with van der Waals surface area (Å²) in [7, 11) is 0. The molecule has 4 heteroatoms. The highest BCUT2D eigenvalue weighted by Crippen LogP contribution is 2.31. The highest BCUT2D eigenvalue weighted by atomic mass is 16.5. The summed E-state index contributed by atoms with van der Waals surface area (Å²) in [4.78, 5) is 12.2. The highest BCUT2D eigenvalue weighted by Gasteiger charge is 2.44. The van der Waals surface area contributed by atoms with E-state index in [0.29, 0.717) is 31.9 Å². The lowest BCUT2D eigenvalue weighted by atomic mass is 9.78. The summed E-state index contributed by atoms with van der Waals surface area (Å²) in [6, 6.07) is 7.17. The van der Waals surface area contributed by atoms with Crippen molar-refractivity contribution in [2.24, 2.45) is 11.1 Å². The molecule has 1 aromatic carbocycles. The second kappa shape index (κ2) is 4.85. The van der Waals surface area contributed by atoms with E-state index in [4.69, 9.17) is 15.2 Å². The summed E-state index contributed by atoms with van der Waals surface area (Å²) in [5.41, 5.74) is 5.82. The molecule has 1 aliphatic rings. The van der Waals surface area contributed by atoms with Gasteiger partial charge in [0, 0.05) is 12.1 Å². The predicted molar refractivity (Wildman–Crippen MR) is 64.2 cm³/mol. The molecule has 0 atom stereocenters. The van der Waals surface area contributed by atoms with Gasteiger partial charge in [0.05, 0.1) is 25.2 Å². The lowest BCUT2D eigenvalue weighted by molar-refractivity contribution is -0.0816. The Kier molecular flexibility index (Phi) is 3.45. The SMILES string of the molecule is CCOc1ccc(C(=O)C2(CN)COC2)cc1. The predicted octanol–water partition coefficient (Wildman–Crippen LogP) is 1.24. The lowest BCUT2D eigenvalue weighted by Gasteiger charge is -2.38. The molecule has 92 valence electrons. The van der Waals surface area contributed by atoms with Gasteiger partial charge in [-0.1, -0.05) is 0 Å². The maximum atomic E-state index is 12.2. The van der Waals surface area contributed by atoms with Crippen LogP contribution in [0.5, 0.6) is 5.75 Å². The first-order valence-electron chi connectivity index (χ1n) is 5.77. The summed E-state index contributed by atoms with van der Waals surface area (Å²) in [6.45, 7) is 3.73. The van der Waals surface area contributed by atoms with Crippen molar-refractivity contribution in [3.63, 3.8) is 0 Å². The summed E-state index contributed by atoms with van der Waals surface area (Å²) < 4.78 is 10.4. The van der Waals surface area contributed by atoms with E-state index in [0.717, 1.165) is 5.75 Å². The maximum absolute atomic E-state index is 12.2. The average Bonchev–Trinajstić information content (AvgIpc) is 2.29. The molecule has 0 amide bonds. The molecule has 2 N–H and O–H groups in total. The van der Waals surface area contributed by atoms with Crippen LogP contribution in [0.25, 0.3) is 0 Å². The van der Waals surface area contributed by atoms with Gasteiger partial charge in [-0.2, -0.15) is 0 Å². The van der Waals surface area contributed by atoms with E-state index in [-0.39, 0.29) is 5.78 Å². The van der Waals surface area contributed by atoms with Crippen LogP contribution in [0.15, 0.2) is 24.3 Å². The number of carbonyl (C=O) groups excluding carboxylic acids is 1. The first-order valence-corrected chi connectivity index (χ1v) is 5.77. The van der Waals surface area contributed by atoms with Gasteiger partial charge in [-0.05, 0) is 31.2 Å². The van der Waals surface area contributed by atoms with E-state index in [9.17, 15) is 4.79 Å². The van der Waals surface area contributed by atoms with Gasteiger partial charge in [0.2, 0.25) is 0 Å². The normalized spacial score (nSPS) is 17.3. The van der Waals surface area contributed by atoms with Gasteiger partial charge in [0.15, 0.2) is 5.78 Å². The zero-order valence-corrected chi connectivity index (χ0v) is 9.94. The van der Waals surface area contributed by atoms with Crippen molar-refractivity contribution < 1.29 is 14.3 Å². The number of carbonyl (C=O) groups is 1. The van der Waals surface area contributed by atoms with E-state index < -0.39 is 5.41 Å². The van der Waals surface area contributed by atoms with E-state index in [2.05, 4.69) is 0 Å². The Morgan fingerprint density at radius 3 is 2.47 bits per heavy atom. The molecule has 0 bridgehead atoms. The van der Waals surface area contributed by atoms with Crippen LogP contribution in [0, 0.1) is 5.41 Å². The van der Waals surface area contributed by atoms with Crippen molar-refractivity contribution in [3.8, 4) is 5.75 Å². The third-order valence-corrected chi connectivity index (χ3v) is 3.06. The monoisotopic (exact) mass is 235 g/mol. The van der Waals surface area contributed by atoms with Crippen molar-refractivity contribution >= 4 is 5.78 Å². The van der Waals surface area contributed by atoms with Crippen LogP contribution < -0.4 is 10.5 Å². The molecule has 0 unspecified atom stereocenters. The number of Topliss-reactive ketones (excluding diaryl/α,β-unsaturated/α-hetero) is 1. The molecule has 4 nitrogen and oxygen atoms in total. The lowest BCUT2D eigenvalue weighted by Crippen LogP contribution is -2.54. The molecule has 1 aliphatic heterocycles. The highest BCUT2D eigenvalue weighted by molar-refractivity contribution is 6.01. The Bertz CT molecular complexity index is 390. The van der Waals surface area contributed by atoms with Crippen molar-refractivity contribution in [2.45, 2.75) is 6.92 Å². The third kappa shape index (κ3) is 2.18. The van der Waals surface area contributed by atoms with Gasteiger partial charge >= 0.3 is 0 Å². The average molecular weight is 235 g/mol. The van der Waals surface area contributed by atoms with Crippen LogP contribution in [0.1, 0.15) is 17.3 Å². The molecule has 0 spiro atoms. The van der Waals surface area contributed by atoms with Gasteiger partial charge in [-0.25, -0.2) is 0 Å². The van der Waals surface area contributed by atoms with Crippen molar-refractivity contribution in [2.75, 3.05) is 26.4 Å². The van der Waals surface area contributed by atoms with Gasteiger partial charge in [-0.3, -0.25) is 4.79 Å². The fraction of sp³-hybridized carbons (Fsp3) is 0.462. The number of nitrogens with two attached hydrogens (primary N) is 1. The first-order chi connectivity index (χ1) is 8.22. The molecule has 2 rings (SSSR count). The molecular formula is C13H17NO3. The van der Waals surface area contributed by atoms with E-state index in [1.807, 2.05) is 6.92 Å². The van der Waals surface area contributed by atoms with Crippen LogP contribution in [-0.2, 0) is 4.74 Å². The van der Waals surface area contributed by atoms with E-state index >= 15 is 0 Å². The van der Waals surface area contributed by atoms with Gasteiger partial charge in [0.25, 0.3) is 0 Å². The first kappa shape index (κ1) is 12.1. The van der Waals surface area contributed by atoms with Crippen molar-refractivity contribution in [1.29, 1.82) is 0 Å². The minimum atomic E-state index is -0.507. The van der Waals surface area contributed by atoms with Crippen molar-refractivity contribution in [3.05, 3.63) is 29.8 Å². The molecule has 17 heavy (non-hydrogen) atoms. The smallest absolute Gasteiger partial charge is 0.174 e. The van der Waals surface area contributed by atoms with Gasteiger partial charge in [-0.15, -0.1) is 0 Å². The molecule has 1 saturated heterocycles. The van der Waals surface area contributed by atoms with Crippen molar-refractivity contribution in [1.82, 2.24) is 0 Å². The molecule has 1 fully saturated rings. The molecule has 0 radical (unpaired) electrons. The fourth-order valence-electron chi connectivity index (χ4n) is 1.87. The molecule has 0 aromatic heterocycles. The largest absolute Gasteiger partial charge is 0.494 e. The van der Waals surface area contributed by atoms with Gasteiger partial charge < -0.3 is 15.2 Å². The summed E-state index contributed by atoms with van der Waals surface area (Å²) >= 11 is 0. The molecular weight excluding hydrogens is 218 g/mol. The minimum absolute atomic E-state index is 0.0642. The standard InChI is InChI=1S/C13H17NO3/c1-2-17-11-5-3-10(4-6-11)12(15)13(7-14)8-16-9-13/h3-6H,2,7-9,14H2,1H3. The maximum Gasteiger partial charge on any atom is 0.174 e. The number of ketones is 1. The Balaban J connectivity index is 2.14.